The molecule has 0 aromatic heterocycles. The zero-order valence-electron chi connectivity index (χ0n) is 8.65. The fraction of sp³-hybridized carbons (Fsp3) is 0.500. The summed E-state index contributed by atoms with van der Waals surface area (Å²) >= 11 is 0. The number of rotatable bonds is 0. The molecule has 1 aliphatic rings. The number of hydrogen-bond donors (Lipinski definition) is 1. The quantitative estimate of drug-likeness (QED) is 0.647. The summed E-state index contributed by atoms with van der Waals surface area (Å²) in [5.74, 6) is 0.0575. The third-order valence-corrected chi connectivity index (χ3v) is 1.51. The van der Waals surface area contributed by atoms with E-state index in [1.54, 1.807) is 32.9 Å². The van der Waals surface area contributed by atoms with Crippen molar-refractivity contribution in [3.8, 4) is 0 Å². The van der Waals surface area contributed by atoms with Crippen molar-refractivity contribution in [3.05, 3.63) is 24.1 Å². The van der Waals surface area contributed by atoms with E-state index in [0.717, 1.165) is 0 Å². The number of aliphatic hydroxyl groups is 1. The topological polar surface area (TPSA) is 49.8 Å². The van der Waals surface area contributed by atoms with Crippen molar-refractivity contribution in [1.82, 2.24) is 4.90 Å². The SMILES string of the molecule is CC(C)(C)OC(=O)N1C=C(O)C=CC1. The minimum atomic E-state index is -0.512. The molecule has 0 fully saturated rings. The van der Waals surface area contributed by atoms with Crippen LogP contribution in [-0.4, -0.2) is 28.2 Å². The van der Waals surface area contributed by atoms with Gasteiger partial charge in [-0.2, -0.15) is 0 Å². The van der Waals surface area contributed by atoms with Gasteiger partial charge in [-0.15, -0.1) is 0 Å². The van der Waals surface area contributed by atoms with Crippen LogP contribution in [0.4, 0.5) is 4.79 Å². The molecule has 78 valence electrons. The maximum absolute atomic E-state index is 11.5. The Morgan fingerprint density at radius 1 is 1.57 bits per heavy atom. The first-order valence-electron chi connectivity index (χ1n) is 4.45. The minimum absolute atomic E-state index is 0.0575. The first-order valence-corrected chi connectivity index (χ1v) is 4.45. The molecule has 1 aliphatic heterocycles. The summed E-state index contributed by atoms with van der Waals surface area (Å²) in [4.78, 5) is 12.8. The molecule has 1 heterocycles. The van der Waals surface area contributed by atoms with Gasteiger partial charge in [-0.1, -0.05) is 6.08 Å². The third-order valence-electron chi connectivity index (χ3n) is 1.51. The van der Waals surface area contributed by atoms with Gasteiger partial charge in [0.15, 0.2) is 0 Å². The van der Waals surface area contributed by atoms with E-state index in [1.165, 1.54) is 11.1 Å². The molecule has 0 aromatic rings. The smallest absolute Gasteiger partial charge is 0.414 e. The molecule has 0 saturated carbocycles. The van der Waals surface area contributed by atoms with Crippen LogP contribution < -0.4 is 0 Å². The second-order valence-corrected chi connectivity index (χ2v) is 4.09. The molecule has 0 radical (unpaired) electrons. The second-order valence-electron chi connectivity index (χ2n) is 4.09. The maximum Gasteiger partial charge on any atom is 0.414 e. The highest BCUT2D eigenvalue weighted by atomic mass is 16.6. The number of nitrogens with zero attached hydrogens (tertiary/aromatic N) is 1. The molecular weight excluding hydrogens is 182 g/mol. The number of ether oxygens (including phenoxy) is 1. The van der Waals surface area contributed by atoms with Gasteiger partial charge in [0.25, 0.3) is 0 Å². The van der Waals surface area contributed by atoms with Crippen LogP contribution in [-0.2, 0) is 4.74 Å². The summed E-state index contributed by atoms with van der Waals surface area (Å²) in [6.07, 6.45) is 4.14. The Bertz CT molecular complexity index is 286. The van der Waals surface area contributed by atoms with Gasteiger partial charge in [-0.3, -0.25) is 4.90 Å². The summed E-state index contributed by atoms with van der Waals surface area (Å²) in [6, 6.07) is 0. The number of carbonyl (C=O) groups is 1. The predicted octanol–water partition coefficient (Wildman–Crippen LogP) is 2.19. The largest absolute Gasteiger partial charge is 0.506 e. The normalized spacial score (nSPS) is 16.5. The van der Waals surface area contributed by atoms with Crippen LogP contribution in [0.1, 0.15) is 20.8 Å². The Labute approximate surface area is 83.5 Å². The molecule has 1 N–H and O–H groups in total. The van der Waals surface area contributed by atoms with Gasteiger partial charge >= 0.3 is 6.09 Å². The summed E-state index contributed by atoms with van der Waals surface area (Å²) in [5, 5.41) is 9.15. The van der Waals surface area contributed by atoms with E-state index in [1.807, 2.05) is 0 Å². The van der Waals surface area contributed by atoms with Gasteiger partial charge in [0.1, 0.15) is 11.4 Å². The van der Waals surface area contributed by atoms with Crippen molar-refractivity contribution in [2.45, 2.75) is 26.4 Å². The fourth-order valence-electron chi connectivity index (χ4n) is 0.990. The number of allylic oxidation sites excluding steroid dienone is 1. The standard InChI is InChI=1S/C10H15NO3/c1-10(2,3)14-9(13)11-6-4-5-8(12)7-11/h4-5,7,12H,6H2,1-3H3. The van der Waals surface area contributed by atoms with Crippen LogP contribution in [0, 0.1) is 0 Å². The first-order chi connectivity index (χ1) is 6.38. The van der Waals surface area contributed by atoms with Crippen molar-refractivity contribution in [3.63, 3.8) is 0 Å². The molecular formula is C10H15NO3. The average Bonchev–Trinajstić information content (AvgIpc) is 2.01. The third kappa shape index (κ3) is 3.12. The van der Waals surface area contributed by atoms with Gasteiger partial charge in [0.2, 0.25) is 0 Å². The lowest BCUT2D eigenvalue weighted by Crippen LogP contribution is -2.34. The molecule has 0 atom stereocenters. The van der Waals surface area contributed by atoms with Crippen LogP contribution in [0.25, 0.3) is 0 Å². The summed E-state index contributed by atoms with van der Waals surface area (Å²) in [6.45, 7) is 5.83. The summed E-state index contributed by atoms with van der Waals surface area (Å²) in [7, 11) is 0. The number of amides is 1. The molecule has 0 saturated heterocycles. The predicted molar refractivity (Wildman–Crippen MR) is 52.8 cm³/mol. The highest BCUT2D eigenvalue weighted by Gasteiger charge is 2.21. The lowest BCUT2D eigenvalue weighted by Gasteiger charge is -2.25. The van der Waals surface area contributed by atoms with E-state index in [0.29, 0.717) is 6.54 Å². The van der Waals surface area contributed by atoms with E-state index in [-0.39, 0.29) is 5.76 Å². The van der Waals surface area contributed by atoms with Crippen LogP contribution in [0.3, 0.4) is 0 Å². The molecule has 0 spiro atoms. The fourth-order valence-corrected chi connectivity index (χ4v) is 0.990. The van der Waals surface area contributed by atoms with E-state index >= 15 is 0 Å². The van der Waals surface area contributed by atoms with Gasteiger partial charge in [-0.25, -0.2) is 4.79 Å². The highest BCUT2D eigenvalue weighted by Crippen LogP contribution is 2.12. The molecule has 14 heavy (non-hydrogen) atoms. The van der Waals surface area contributed by atoms with Gasteiger partial charge < -0.3 is 9.84 Å². The van der Waals surface area contributed by atoms with E-state index in [4.69, 9.17) is 9.84 Å². The van der Waals surface area contributed by atoms with Crippen molar-refractivity contribution < 1.29 is 14.6 Å². The molecule has 0 aromatic carbocycles. The maximum atomic E-state index is 11.5. The Morgan fingerprint density at radius 2 is 2.21 bits per heavy atom. The highest BCUT2D eigenvalue weighted by molar-refractivity contribution is 5.70. The van der Waals surface area contributed by atoms with E-state index < -0.39 is 11.7 Å². The molecule has 1 rings (SSSR count). The molecule has 1 amide bonds. The van der Waals surface area contributed by atoms with E-state index in [2.05, 4.69) is 0 Å². The molecule has 4 heteroatoms. The summed E-state index contributed by atoms with van der Waals surface area (Å²) in [5.41, 5.74) is -0.512. The minimum Gasteiger partial charge on any atom is -0.506 e. The number of carbonyl (C=O) groups excluding carboxylic acids is 1. The van der Waals surface area contributed by atoms with Crippen molar-refractivity contribution >= 4 is 6.09 Å². The van der Waals surface area contributed by atoms with Crippen LogP contribution in [0.2, 0.25) is 0 Å². The van der Waals surface area contributed by atoms with Gasteiger partial charge in [0, 0.05) is 6.54 Å². The van der Waals surface area contributed by atoms with Crippen LogP contribution in [0.15, 0.2) is 24.1 Å². The Balaban J connectivity index is 2.59. The van der Waals surface area contributed by atoms with Crippen molar-refractivity contribution in [1.29, 1.82) is 0 Å². The molecule has 0 aliphatic carbocycles. The average molecular weight is 197 g/mol. The van der Waals surface area contributed by atoms with Crippen molar-refractivity contribution in [2.75, 3.05) is 6.54 Å². The monoisotopic (exact) mass is 197 g/mol. The Hall–Kier alpha value is -1.45. The molecule has 0 unspecified atom stereocenters. The van der Waals surface area contributed by atoms with Gasteiger partial charge in [0.05, 0.1) is 6.20 Å². The lowest BCUT2D eigenvalue weighted by molar-refractivity contribution is 0.0344. The molecule has 4 nitrogen and oxygen atoms in total. The van der Waals surface area contributed by atoms with Crippen LogP contribution in [0.5, 0.6) is 0 Å². The van der Waals surface area contributed by atoms with E-state index in [9.17, 15) is 4.79 Å². The Morgan fingerprint density at radius 3 is 2.71 bits per heavy atom. The molecule has 0 bridgehead atoms. The zero-order valence-corrected chi connectivity index (χ0v) is 8.65. The Kier molecular flexibility index (Phi) is 2.84. The van der Waals surface area contributed by atoms with Crippen LogP contribution >= 0.6 is 0 Å². The van der Waals surface area contributed by atoms with Gasteiger partial charge in [-0.05, 0) is 26.8 Å². The summed E-state index contributed by atoms with van der Waals surface area (Å²) < 4.78 is 5.12. The number of hydrogen-bond acceptors (Lipinski definition) is 3. The second kappa shape index (κ2) is 3.74. The number of aliphatic hydroxyl groups excluding tert-OH is 1. The lowest BCUT2D eigenvalue weighted by atomic mass is 10.2. The zero-order chi connectivity index (χ0) is 10.8. The first kappa shape index (κ1) is 10.6. The van der Waals surface area contributed by atoms with Crippen molar-refractivity contribution in [2.24, 2.45) is 0 Å².